The molecule has 0 saturated heterocycles. The fourth-order valence-corrected chi connectivity index (χ4v) is 3.67. The van der Waals surface area contributed by atoms with Crippen molar-refractivity contribution in [2.45, 2.75) is 6.42 Å². The summed E-state index contributed by atoms with van der Waals surface area (Å²) in [6, 6.07) is 18.2. The van der Waals surface area contributed by atoms with Gasteiger partial charge in [0.2, 0.25) is 0 Å². The van der Waals surface area contributed by atoms with Crippen molar-refractivity contribution in [1.82, 2.24) is 9.97 Å². The molecule has 0 fully saturated rings. The van der Waals surface area contributed by atoms with Gasteiger partial charge < -0.3 is 9.72 Å². The standard InChI is InChI=1S/C22H16Cl2N2O2/c1-28-15-5-2-4-13(10-15)11-20(27)14-8-9-18-19(12-14)26-22(25-18)21-16(23)6-3-7-17(21)24/h2-10,12H,11H2,1H3,(H,25,26). The van der Waals surface area contributed by atoms with Crippen LogP contribution >= 0.6 is 23.2 Å². The number of fused-ring (bicyclic) bond motifs is 1. The molecule has 6 heteroatoms. The summed E-state index contributed by atoms with van der Waals surface area (Å²) in [5.74, 6) is 1.32. The monoisotopic (exact) mass is 410 g/mol. The Morgan fingerprint density at radius 1 is 1.04 bits per heavy atom. The van der Waals surface area contributed by atoms with Crippen LogP contribution in [-0.2, 0) is 6.42 Å². The van der Waals surface area contributed by atoms with Crippen molar-refractivity contribution in [2.75, 3.05) is 7.11 Å². The Morgan fingerprint density at radius 3 is 2.54 bits per heavy atom. The van der Waals surface area contributed by atoms with Crippen LogP contribution in [0.3, 0.4) is 0 Å². The number of ketones is 1. The molecule has 28 heavy (non-hydrogen) atoms. The van der Waals surface area contributed by atoms with E-state index in [1.807, 2.05) is 30.3 Å². The van der Waals surface area contributed by atoms with Gasteiger partial charge in [-0.25, -0.2) is 4.98 Å². The summed E-state index contributed by atoms with van der Waals surface area (Å²) in [5, 5.41) is 1.03. The highest BCUT2D eigenvalue weighted by atomic mass is 35.5. The molecule has 3 aromatic carbocycles. The number of aromatic amines is 1. The number of nitrogens with one attached hydrogen (secondary N) is 1. The van der Waals surface area contributed by atoms with Crippen molar-refractivity contribution in [3.63, 3.8) is 0 Å². The molecule has 0 aliphatic carbocycles. The molecule has 0 radical (unpaired) electrons. The summed E-state index contributed by atoms with van der Waals surface area (Å²) < 4.78 is 5.22. The van der Waals surface area contributed by atoms with Crippen molar-refractivity contribution in [3.8, 4) is 17.1 Å². The lowest BCUT2D eigenvalue weighted by Crippen LogP contribution is -2.03. The zero-order chi connectivity index (χ0) is 19.7. The molecule has 0 aliphatic rings. The first-order valence-electron chi connectivity index (χ1n) is 8.65. The third kappa shape index (κ3) is 3.61. The van der Waals surface area contributed by atoms with E-state index in [-0.39, 0.29) is 5.78 Å². The predicted molar refractivity (Wildman–Crippen MR) is 113 cm³/mol. The van der Waals surface area contributed by atoms with Gasteiger partial charge in [0.1, 0.15) is 11.6 Å². The average Bonchev–Trinajstić information content (AvgIpc) is 3.10. The summed E-state index contributed by atoms with van der Waals surface area (Å²) >= 11 is 12.6. The summed E-state index contributed by atoms with van der Waals surface area (Å²) in [7, 11) is 1.61. The second kappa shape index (κ2) is 7.66. The Kier molecular flexibility index (Phi) is 5.07. The number of carbonyl (C=O) groups is 1. The molecule has 0 amide bonds. The van der Waals surface area contributed by atoms with Crippen LogP contribution in [0.5, 0.6) is 5.75 Å². The Bertz CT molecular complexity index is 1160. The Balaban J connectivity index is 1.65. The molecule has 0 unspecified atom stereocenters. The lowest BCUT2D eigenvalue weighted by molar-refractivity contribution is 0.0993. The molecule has 0 spiro atoms. The van der Waals surface area contributed by atoms with Gasteiger partial charge >= 0.3 is 0 Å². The number of halogens is 2. The molecule has 140 valence electrons. The fraction of sp³-hybridized carbons (Fsp3) is 0.0909. The number of carbonyl (C=O) groups excluding carboxylic acids is 1. The average molecular weight is 411 g/mol. The third-order valence-electron chi connectivity index (χ3n) is 4.50. The van der Waals surface area contributed by atoms with Gasteiger partial charge in [-0.3, -0.25) is 4.79 Å². The van der Waals surface area contributed by atoms with Gasteiger partial charge in [0.15, 0.2) is 5.78 Å². The van der Waals surface area contributed by atoms with Crippen molar-refractivity contribution < 1.29 is 9.53 Å². The highest BCUT2D eigenvalue weighted by Gasteiger charge is 2.14. The van der Waals surface area contributed by atoms with E-state index in [0.717, 1.165) is 22.3 Å². The minimum atomic E-state index is 0.0158. The van der Waals surface area contributed by atoms with Gasteiger partial charge in [-0.1, -0.05) is 41.4 Å². The third-order valence-corrected chi connectivity index (χ3v) is 5.13. The maximum absolute atomic E-state index is 12.7. The van der Waals surface area contributed by atoms with Crippen LogP contribution in [0.1, 0.15) is 15.9 Å². The van der Waals surface area contributed by atoms with Crippen LogP contribution < -0.4 is 4.74 Å². The largest absolute Gasteiger partial charge is 0.497 e. The number of H-pyrrole nitrogens is 1. The van der Waals surface area contributed by atoms with Crippen LogP contribution in [0, 0.1) is 0 Å². The van der Waals surface area contributed by atoms with Crippen molar-refractivity contribution >= 4 is 40.0 Å². The Labute approximate surface area is 172 Å². The van der Waals surface area contributed by atoms with Crippen molar-refractivity contribution in [2.24, 2.45) is 0 Å². The highest BCUT2D eigenvalue weighted by Crippen LogP contribution is 2.34. The molecule has 0 saturated carbocycles. The molecule has 0 aliphatic heterocycles. The van der Waals surface area contributed by atoms with E-state index in [2.05, 4.69) is 9.97 Å². The molecule has 4 nitrogen and oxygen atoms in total. The van der Waals surface area contributed by atoms with E-state index in [1.165, 1.54) is 0 Å². The SMILES string of the molecule is COc1cccc(CC(=O)c2ccc3nc(-c4c(Cl)cccc4Cl)[nH]c3c2)c1. The number of rotatable bonds is 5. The minimum Gasteiger partial charge on any atom is -0.497 e. The maximum Gasteiger partial charge on any atom is 0.167 e. The quantitative estimate of drug-likeness (QED) is 0.412. The van der Waals surface area contributed by atoms with Gasteiger partial charge in [-0.05, 0) is 48.0 Å². The van der Waals surface area contributed by atoms with Crippen molar-refractivity contribution in [3.05, 3.63) is 81.8 Å². The molecular weight excluding hydrogens is 395 g/mol. The zero-order valence-corrected chi connectivity index (χ0v) is 16.5. The smallest absolute Gasteiger partial charge is 0.167 e. The molecule has 1 heterocycles. The lowest BCUT2D eigenvalue weighted by Gasteiger charge is -2.04. The Morgan fingerprint density at radius 2 is 1.79 bits per heavy atom. The molecule has 1 N–H and O–H groups in total. The summed E-state index contributed by atoms with van der Waals surface area (Å²) in [6.45, 7) is 0. The van der Waals surface area contributed by atoms with Gasteiger partial charge in [-0.2, -0.15) is 0 Å². The van der Waals surface area contributed by atoms with Gasteiger partial charge in [-0.15, -0.1) is 0 Å². The highest BCUT2D eigenvalue weighted by molar-refractivity contribution is 6.39. The number of benzene rings is 3. The topological polar surface area (TPSA) is 55.0 Å². The van der Waals surface area contributed by atoms with Crippen LogP contribution in [0.25, 0.3) is 22.4 Å². The van der Waals surface area contributed by atoms with Gasteiger partial charge in [0.25, 0.3) is 0 Å². The number of ether oxygens (including phenoxy) is 1. The molecular formula is C22H16Cl2N2O2. The van der Waals surface area contributed by atoms with E-state index in [9.17, 15) is 4.79 Å². The first-order valence-corrected chi connectivity index (χ1v) is 9.41. The number of hydrogen-bond acceptors (Lipinski definition) is 3. The number of Topliss-reactive ketones (excluding diaryl/α,β-unsaturated/α-hetero) is 1. The van der Waals surface area contributed by atoms with Crippen LogP contribution in [0.15, 0.2) is 60.7 Å². The maximum atomic E-state index is 12.7. The van der Waals surface area contributed by atoms with E-state index in [1.54, 1.807) is 37.4 Å². The molecule has 4 rings (SSSR count). The zero-order valence-electron chi connectivity index (χ0n) is 15.0. The number of nitrogens with zero attached hydrogens (tertiary/aromatic N) is 1. The van der Waals surface area contributed by atoms with Crippen molar-refractivity contribution in [1.29, 1.82) is 0 Å². The predicted octanol–water partition coefficient (Wildman–Crippen LogP) is 5.97. The summed E-state index contributed by atoms with van der Waals surface area (Å²) in [5.41, 5.74) is 3.64. The first-order chi connectivity index (χ1) is 13.5. The number of hydrogen-bond donors (Lipinski definition) is 1. The second-order valence-corrected chi connectivity index (χ2v) is 7.18. The summed E-state index contributed by atoms with van der Waals surface area (Å²) in [4.78, 5) is 20.5. The second-order valence-electron chi connectivity index (χ2n) is 6.37. The van der Waals surface area contributed by atoms with Gasteiger partial charge in [0, 0.05) is 12.0 Å². The minimum absolute atomic E-state index is 0.0158. The van der Waals surface area contributed by atoms with Crippen LogP contribution in [0.2, 0.25) is 10.0 Å². The fourth-order valence-electron chi connectivity index (χ4n) is 3.10. The van der Waals surface area contributed by atoms with Crippen LogP contribution in [0.4, 0.5) is 0 Å². The lowest BCUT2D eigenvalue weighted by atomic mass is 10.0. The van der Waals surface area contributed by atoms with E-state index >= 15 is 0 Å². The van der Waals surface area contributed by atoms with Crippen LogP contribution in [-0.4, -0.2) is 22.9 Å². The normalized spacial score (nSPS) is 11.0. The molecule has 0 atom stereocenters. The number of methoxy groups -OCH3 is 1. The number of aromatic nitrogens is 2. The van der Waals surface area contributed by atoms with E-state index in [0.29, 0.717) is 33.4 Å². The molecule has 1 aromatic heterocycles. The van der Waals surface area contributed by atoms with E-state index < -0.39 is 0 Å². The summed E-state index contributed by atoms with van der Waals surface area (Å²) in [6.07, 6.45) is 0.292. The van der Waals surface area contributed by atoms with E-state index in [4.69, 9.17) is 27.9 Å². The van der Waals surface area contributed by atoms with Gasteiger partial charge in [0.05, 0.1) is 33.8 Å². The number of imidazole rings is 1. The first kappa shape index (κ1) is 18.5. The molecule has 0 bridgehead atoms. The Hall–Kier alpha value is -2.82. The molecule has 4 aromatic rings.